The quantitative estimate of drug-likeness (QED) is 0.133. The van der Waals surface area contributed by atoms with E-state index in [2.05, 4.69) is 19.1 Å². The summed E-state index contributed by atoms with van der Waals surface area (Å²) >= 11 is 0. The van der Waals surface area contributed by atoms with Gasteiger partial charge in [0.05, 0.1) is 6.61 Å². The van der Waals surface area contributed by atoms with Crippen LogP contribution in [-0.2, 0) is 16.0 Å². The molecule has 0 aromatic heterocycles. The number of aliphatic hydroxyl groups excluding tert-OH is 1. The highest BCUT2D eigenvalue weighted by Crippen LogP contribution is 2.12. The number of ether oxygens (including phenoxy) is 1. The largest absolute Gasteiger partial charge is 0.465 e. The summed E-state index contributed by atoms with van der Waals surface area (Å²) < 4.78 is 5.38. The molecule has 0 bridgehead atoms. The minimum absolute atomic E-state index is 0.0273. The lowest BCUT2D eigenvalue weighted by molar-refractivity contribution is -0.145. The van der Waals surface area contributed by atoms with Gasteiger partial charge >= 0.3 is 5.97 Å². The number of hydrogen-bond donors (Lipinski definition) is 1. The Morgan fingerprint density at radius 1 is 0.871 bits per heavy atom. The Kier molecular flexibility index (Phi) is 18.0. The molecule has 1 aromatic carbocycles. The van der Waals surface area contributed by atoms with Gasteiger partial charge in [-0.2, -0.15) is 0 Å². The van der Waals surface area contributed by atoms with E-state index < -0.39 is 0 Å². The van der Waals surface area contributed by atoms with E-state index >= 15 is 0 Å². The Morgan fingerprint density at radius 2 is 1.45 bits per heavy atom. The SMILES string of the molecule is CCCCCCCC/C=C\CCCCCCCC(=O)OC[C@H](CO)Cc1ccccc1. The first kappa shape index (κ1) is 27.4. The van der Waals surface area contributed by atoms with E-state index in [0.717, 1.165) is 24.8 Å². The lowest BCUT2D eigenvalue weighted by Gasteiger charge is -2.14. The van der Waals surface area contributed by atoms with Crippen molar-refractivity contribution in [1.82, 2.24) is 0 Å². The Labute approximate surface area is 191 Å². The molecule has 0 aliphatic carbocycles. The van der Waals surface area contributed by atoms with Crippen molar-refractivity contribution in [2.75, 3.05) is 13.2 Å². The van der Waals surface area contributed by atoms with Crippen molar-refractivity contribution < 1.29 is 14.6 Å². The number of hydrogen-bond acceptors (Lipinski definition) is 3. The van der Waals surface area contributed by atoms with Crippen molar-refractivity contribution in [3.05, 3.63) is 48.0 Å². The second-order valence-corrected chi connectivity index (χ2v) is 8.76. The van der Waals surface area contributed by atoms with Gasteiger partial charge in [-0.1, -0.05) is 101 Å². The molecule has 0 unspecified atom stereocenters. The van der Waals surface area contributed by atoms with Gasteiger partial charge in [0.25, 0.3) is 0 Å². The molecular weight excluding hydrogens is 384 g/mol. The number of carbonyl (C=O) groups is 1. The zero-order valence-corrected chi connectivity index (χ0v) is 19.9. The Balaban J connectivity index is 1.91. The molecule has 0 heterocycles. The summed E-state index contributed by atoms with van der Waals surface area (Å²) in [7, 11) is 0. The van der Waals surface area contributed by atoms with E-state index in [1.165, 1.54) is 70.6 Å². The maximum atomic E-state index is 11.9. The van der Waals surface area contributed by atoms with Gasteiger partial charge in [-0.15, -0.1) is 0 Å². The van der Waals surface area contributed by atoms with Crippen LogP contribution >= 0.6 is 0 Å². The summed E-state index contributed by atoms with van der Waals surface area (Å²) in [6.07, 6.45) is 22.2. The van der Waals surface area contributed by atoms with Crippen molar-refractivity contribution in [2.45, 2.75) is 103 Å². The van der Waals surface area contributed by atoms with Crippen LogP contribution in [0.5, 0.6) is 0 Å². The van der Waals surface area contributed by atoms with Crippen LogP contribution in [0.4, 0.5) is 0 Å². The first-order valence-electron chi connectivity index (χ1n) is 12.7. The van der Waals surface area contributed by atoms with E-state index in [1.54, 1.807) is 0 Å². The van der Waals surface area contributed by atoms with Crippen LogP contribution in [0.2, 0.25) is 0 Å². The summed E-state index contributed by atoms with van der Waals surface area (Å²) in [6, 6.07) is 10.0. The number of esters is 1. The van der Waals surface area contributed by atoms with Gasteiger partial charge in [0, 0.05) is 18.9 Å². The minimum atomic E-state index is -0.135. The van der Waals surface area contributed by atoms with Crippen molar-refractivity contribution >= 4 is 5.97 Å². The maximum Gasteiger partial charge on any atom is 0.305 e. The van der Waals surface area contributed by atoms with E-state index in [4.69, 9.17) is 4.74 Å². The summed E-state index contributed by atoms with van der Waals surface area (Å²) in [5, 5.41) is 9.52. The molecule has 1 aromatic rings. The average Bonchev–Trinajstić information content (AvgIpc) is 2.79. The second-order valence-electron chi connectivity index (χ2n) is 8.76. The fraction of sp³-hybridized carbons (Fsp3) is 0.679. The van der Waals surface area contributed by atoms with Gasteiger partial charge in [-0.3, -0.25) is 4.79 Å². The molecule has 1 rings (SSSR count). The predicted octanol–water partition coefficient (Wildman–Crippen LogP) is 7.42. The number of benzene rings is 1. The molecule has 0 amide bonds. The molecule has 0 aliphatic rings. The maximum absolute atomic E-state index is 11.9. The molecule has 1 atom stereocenters. The van der Waals surface area contributed by atoms with Gasteiger partial charge in [0.15, 0.2) is 0 Å². The fourth-order valence-electron chi connectivity index (χ4n) is 3.75. The van der Waals surface area contributed by atoms with Crippen LogP contribution in [0.25, 0.3) is 0 Å². The molecule has 176 valence electrons. The molecule has 31 heavy (non-hydrogen) atoms. The molecule has 0 radical (unpaired) electrons. The Hall–Kier alpha value is -1.61. The summed E-state index contributed by atoms with van der Waals surface area (Å²) in [5.41, 5.74) is 1.16. The topological polar surface area (TPSA) is 46.5 Å². The van der Waals surface area contributed by atoms with Crippen molar-refractivity contribution in [2.24, 2.45) is 5.92 Å². The van der Waals surface area contributed by atoms with Crippen LogP contribution in [0, 0.1) is 5.92 Å². The molecular formula is C28H46O3. The summed E-state index contributed by atoms with van der Waals surface area (Å²) in [6.45, 7) is 2.60. The van der Waals surface area contributed by atoms with Gasteiger partial charge in [-0.25, -0.2) is 0 Å². The minimum Gasteiger partial charge on any atom is -0.465 e. The fourth-order valence-corrected chi connectivity index (χ4v) is 3.75. The molecule has 3 heteroatoms. The van der Waals surface area contributed by atoms with Crippen molar-refractivity contribution in [3.8, 4) is 0 Å². The molecule has 0 spiro atoms. The third kappa shape index (κ3) is 16.7. The van der Waals surface area contributed by atoms with Crippen molar-refractivity contribution in [3.63, 3.8) is 0 Å². The smallest absolute Gasteiger partial charge is 0.305 e. The van der Waals surface area contributed by atoms with E-state index in [9.17, 15) is 9.90 Å². The van der Waals surface area contributed by atoms with Gasteiger partial charge in [-0.05, 0) is 44.1 Å². The average molecular weight is 431 g/mol. The van der Waals surface area contributed by atoms with Gasteiger partial charge in [0.2, 0.25) is 0 Å². The van der Waals surface area contributed by atoms with Crippen LogP contribution in [-0.4, -0.2) is 24.3 Å². The monoisotopic (exact) mass is 430 g/mol. The molecule has 1 N–H and O–H groups in total. The first-order chi connectivity index (χ1) is 15.3. The lowest BCUT2D eigenvalue weighted by atomic mass is 10.0. The van der Waals surface area contributed by atoms with Crippen LogP contribution in [0.1, 0.15) is 102 Å². The first-order valence-corrected chi connectivity index (χ1v) is 12.7. The standard InChI is InChI=1S/C28H46O3/c1-2-3-4-5-6-7-8-9-10-11-12-13-14-15-19-22-28(30)31-25-27(24-29)23-26-20-17-16-18-21-26/h9-10,16-18,20-21,27,29H,2-8,11-15,19,22-25H2,1H3/b10-9-/t27-/m0/s1. The van der Waals surface area contributed by atoms with E-state index in [0.29, 0.717) is 13.0 Å². The molecule has 0 aliphatic heterocycles. The molecule has 3 nitrogen and oxygen atoms in total. The van der Waals surface area contributed by atoms with E-state index in [-0.39, 0.29) is 18.5 Å². The Bertz CT molecular complexity index is 553. The Morgan fingerprint density at radius 3 is 2.06 bits per heavy atom. The second kappa shape index (κ2) is 20.3. The molecule has 0 saturated heterocycles. The van der Waals surface area contributed by atoms with Crippen LogP contribution in [0.3, 0.4) is 0 Å². The zero-order valence-electron chi connectivity index (χ0n) is 19.9. The number of allylic oxidation sites excluding steroid dienone is 2. The highest BCUT2D eigenvalue weighted by molar-refractivity contribution is 5.69. The van der Waals surface area contributed by atoms with Crippen LogP contribution < -0.4 is 0 Å². The number of carbonyl (C=O) groups excluding carboxylic acids is 1. The number of rotatable bonds is 20. The third-order valence-corrected chi connectivity index (χ3v) is 5.75. The number of aliphatic hydroxyl groups is 1. The van der Waals surface area contributed by atoms with Gasteiger partial charge in [0.1, 0.15) is 0 Å². The lowest BCUT2D eigenvalue weighted by Crippen LogP contribution is -2.19. The highest BCUT2D eigenvalue weighted by Gasteiger charge is 2.12. The molecule has 0 saturated carbocycles. The predicted molar refractivity (Wildman–Crippen MR) is 131 cm³/mol. The highest BCUT2D eigenvalue weighted by atomic mass is 16.5. The van der Waals surface area contributed by atoms with Crippen LogP contribution in [0.15, 0.2) is 42.5 Å². The van der Waals surface area contributed by atoms with E-state index in [1.807, 2.05) is 30.3 Å². The normalized spacial score (nSPS) is 12.3. The van der Waals surface area contributed by atoms with Crippen molar-refractivity contribution in [1.29, 1.82) is 0 Å². The molecule has 0 fully saturated rings. The zero-order chi connectivity index (χ0) is 22.4. The summed E-state index contributed by atoms with van der Waals surface area (Å²) in [5.74, 6) is -0.162. The summed E-state index contributed by atoms with van der Waals surface area (Å²) in [4.78, 5) is 11.9. The van der Waals surface area contributed by atoms with Gasteiger partial charge < -0.3 is 9.84 Å². The number of unbranched alkanes of at least 4 members (excludes halogenated alkanes) is 11. The third-order valence-electron chi connectivity index (χ3n) is 5.75.